The van der Waals surface area contributed by atoms with Crippen LogP contribution in [-0.4, -0.2) is 55.8 Å². The molecule has 1 N–H and O–H groups in total. The van der Waals surface area contributed by atoms with Crippen LogP contribution in [0.2, 0.25) is 0 Å². The van der Waals surface area contributed by atoms with Gasteiger partial charge in [0.2, 0.25) is 0 Å². The molecular formula is C13H27N3O2S. The molecule has 0 aliphatic carbocycles. The number of piperidine rings is 1. The Morgan fingerprint density at radius 1 is 1.11 bits per heavy atom. The molecule has 2 fully saturated rings. The maximum atomic E-state index is 12.5. The molecule has 0 saturated carbocycles. The second-order valence-corrected chi connectivity index (χ2v) is 7.97. The van der Waals surface area contributed by atoms with E-state index < -0.39 is 10.2 Å². The molecule has 2 heterocycles. The first-order valence-electron chi connectivity index (χ1n) is 7.49. The van der Waals surface area contributed by atoms with Crippen LogP contribution in [0.1, 0.15) is 39.5 Å². The lowest BCUT2D eigenvalue weighted by Crippen LogP contribution is -2.48. The van der Waals surface area contributed by atoms with Gasteiger partial charge < -0.3 is 5.32 Å². The minimum absolute atomic E-state index is 0.452. The first kappa shape index (κ1) is 15.2. The highest BCUT2D eigenvalue weighted by Crippen LogP contribution is 2.23. The molecule has 112 valence electrons. The summed E-state index contributed by atoms with van der Waals surface area (Å²) < 4.78 is 28.4. The third-order valence-electron chi connectivity index (χ3n) is 4.01. The number of hydrogen-bond acceptors (Lipinski definition) is 3. The van der Waals surface area contributed by atoms with Crippen LogP contribution in [0.15, 0.2) is 0 Å². The van der Waals surface area contributed by atoms with Gasteiger partial charge in [0.25, 0.3) is 10.2 Å². The van der Waals surface area contributed by atoms with E-state index in [1.54, 1.807) is 8.61 Å². The van der Waals surface area contributed by atoms with Crippen LogP contribution < -0.4 is 5.32 Å². The monoisotopic (exact) mass is 289 g/mol. The summed E-state index contributed by atoms with van der Waals surface area (Å²) >= 11 is 0. The molecule has 2 saturated heterocycles. The highest BCUT2D eigenvalue weighted by Gasteiger charge is 2.34. The van der Waals surface area contributed by atoms with Crippen LogP contribution in [0, 0.1) is 5.92 Å². The third-order valence-corrected chi connectivity index (χ3v) is 6.02. The molecule has 6 heteroatoms. The van der Waals surface area contributed by atoms with E-state index in [1.807, 2.05) is 0 Å². The molecule has 0 spiro atoms. The van der Waals surface area contributed by atoms with Crippen molar-refractivity contribution in [3.63, 3.8) is 0 Å². The van der Waals surface area contributed by atoms with Crippen molar-refractivity contribution in [3.8, 4) is 0 Å². The van der Waals surface area contributed by atoms with E-state index in [-0.39, 0.29) is 0 Å². The lowest BCUT2D eigenvalue weighted by atomic mass is 9.99. The average Bonchev–Trinajstić information content (AvgIpc) is 2.91. The molecule has 0 bridgehead atoms. The van der Waals surface area contributed by atoms with Crippen molar-refractivity contribution in [1.82, 2.24) is 13.9 Å². The summed E-state index contributed by atoms with van der Waals surface area (Å²) in [4.78, 5) is 0. The summed E-state index contributed by atoms with van der Waals surface area (Å²) in [7, 11) is -3.19. The zero-order valence-corrected chi connectivity index (χ0v) is 13.0. The smallest absolute Gasteiger partial charge is 0.281 e. The molecule has 2 aliphatic heterocycles. The van der Waals surface area contributed by atoms with Gasteiger partial charge in [0.05, 0.1) is 0 Å². The largest absolute Gasteiger partial charge is 0.314 e. The van der Waals surface area contributed by atoms with Crippen LogP contribution in [0.3, 0.4) is 0 Å². The molecule has 19 heavy (non-hydrogen) atoms. The van der Waals surface area contributed by atoms with Crippen LogP contribution in [0.25, 0.3) is 0 Å². The third kappa shape index (κ3) is 3.90. The van der Waals surface area contributed by atoms with Gasteiger partial charge >= 0.3 is 0 Å². The molecule has 1 unspecified atom stereocenters. The summed E-state index contributed by atoms with van der Waals surface area (Å²) in [6.07, 6.45) is 4.13. The molecule has 0 radical (unpaired) electrons. The van der Waals surface area contributed by atoms with Gasteiger partial charge in [-0.15, -0.1) is 0 Å². The van der Waals surface area contributed by atoms with Crippen LogP contribution in [-0.2, 0) is 10.2 Å². The predicted molar refractivity (Wildman–Crippen MR) is 77.2 cm³/mol. The number of hydrogen-bond donors (Lipinski definition) is 1. The second-order valence-electron chi connectivity index (χ2n) is 6.04. The fraction of sp³-hybridized carbons (Fsp3) is 1.00. The molecule has 1 atom stereocenters. The van der Waals surface area contributed by atoms with Crippen molar-refractivity contribution >= 4 is 10.2 Å². The number of rotatable bonds is 5. The van der Waals surface area contributed by atoms with Crippen molar-refractivity contribution in [2.75, 3.05) is 32.7 Å². The van der Waals surface area contributed by atoms with E-state index in [2.05, 4.69) is 19.2 Å². The Morgan fingerprint density at radius 3 is 2.37 bits per heavy atom. The van der Waals surface area contributed by atoms with Gasteiger partial charge in [-0.3, -0.25) is 0 Å². The van der Waals surface area contributed by atoms with Crippen LogP contribution >= 0.6 is 0 Å². The van der Waals surface area contributed by atoms with Gasteiger partial charge in [0, 0.05) is 32.2 Å². The van der Waals surface area contributed by atoms with Crippen molar-refractivity contribution in [2.45, 2.75) is 45.6 Å². The average molecular weight is 289 g/mol. The maximum Gasteiger partial charge on any atom is 0.281 e. The molecule has 0 aromatic rings. The highest BCUT2D eigenvalue weighted by atomic mass is 32.2. The lowest BCUT2D eigenvalue weighted by Gasteiger charge is -2.34. The molecule has 2 aliphatic rings. The Kier molecular flexibility index (Phi) is 5.22. The maximum absolute atomic E-state index is 12.5. The molecule has 0 aromatic carbocycles. The Bertz CT molecular complexity index is 377. The fourth-order valence-corrected chi connectivity index (χ4v) is 4.69. The van der Waals surface area contributed by atoms with E-state index in [0.717, 1.165) is 32.2 Å². The van der Waals surface area contributed by atoms with Gasteiger partial charge in [-0.25, -0.2) is 0 Å². The Morgan fingerprint density at radius 2 is 1.74 bits per heavy atom. The summed E-state index contributed by atoms with van der Waals surface area (Å²) in [5.41, 5.74) is 0. The topological polar surface area (TPSA) is 52.7 Å². The van der Waals surface area contributed by atoms with E-state index in [1.165, 1.54) is 0 Å². The molecule has 5 nitrogen and oxygen atoms in total. The molecule has 0 aromatic heterocycles. The Balaban J connectivity index is 1.92. The second kappa shape index (κ2) is 6.52. The van der Waals surface area contributed by atoms with Gasteiger partial charge in [-0.1, -0.05) is 13.8 Å². The summed E-state index contributed by atoms with van der Waals surface area (Å²) in [6, 6.07) is 0.463. The quantitative estimate of drug-likeness (QED) is 0.823. The van der Waals surface area contributed by atoms with Crippen LogP contribution in [0.5, 0.6) is 0 Å². The number of nitrogens with zero attached hydrogens (tertiary/aromatic N) is 2. The van der Waals surface area contributed by atoms with E-state index in [0.29, 0.717) is 38.1 Å². The lowest BCUT2D eigenvalue weighted by molar-refractivity contribution is 0.243. The minimum Gasteiger partial charge on any atom is -0.314 e. The van der Waals surface area contributed by atoms with Crippen molar-refractivity contribution in [3.05, 3.63) is 0 Å². The van der Waals surface area contributed by atoms with Crippen molar-refractivity contribution in [2.24, 2.45) is 5.92 Å². The standard InChI is InChI=1S/C13H27N3O2S/c1-12(2)14-10-13-6-5-9-16(11-13)19(17,18)15-7-3-4-8-15/h12-14H,3-11H2,1-2H3. The van der Waals surface area contributed by atoms with E-state index in [9.17, 15) is 8.42 Å². The summed E-state index contributed by atoms with van der Waals surface area (Å²) in [6.45, 7) is 7.95. The van der Waals surface area contributed by atoms with Crippen molar-refractivity contribution in [1.29, 1.82) is 0 Å². The zero-order valence-electron chi connectivity index (χ0n) is 12.1. The highest BCUT2D eigenvalue weighted by molar-refractivity contribution is 7.86. The van der Waals surface area contributed by atoms with Gasteiger partial charge in [0.1, 0.15) is 0 Å². The SMILES string of the molecule is CC(C)NCC1CCCN(S(=O)(=O)N2CCCC2)C1. The zero-order chi connectivity index (χ0) is 13.9. The summed E-state index contributed by atoms with van der Waals surface area (Å²) in [5, 5.41) is 3.42. The Hall–Kier alpha value is -0.170. The van der Waals surface area contributed by atoms with Crippen molar-refractivity contribution < 1.29 is 8.42 Å². The first-order chi connectivity index (χ1) is 9.00. The fourth-order valence-electron chi connectivity index (χ4n) is 2.89. The predicted octanol–water partition coefficient (Wildman–Crippen LogP) is 1.04. The molecular weight excluding hydrogens is 262 g/mol. The first-order valence-corrected chi connectivity index (χ1v) is 8.88. The number of nitrogens with one attached hydrogen (secondary N) is 1. The normalized spacial score (nSPS) is 27.2. The van der Waals surface area contributed by atoms with Crippen LogP contribution in [0.4, 0.5) is 0 Å². The Labute approximate surface area is 117 Å². The van der Waals surface area contributed by atoms with Gasteiger partial charge in [-0.05, 0) is 38.1 Å². The van der Waals surface area contributed by atoms with Gasteiger partial charge in [-0.2, -0.15) is 17.0 Å². The van der Waals surface area contributed by atoms with E-state index in [4.69, 9.17) is 0 Å². The summed E-state index contributed by atoms with van der Waals surface area (Å²) in [5.74, 6) is 0.452. The van der Waals surface area contributed by atoms with E-state index >= 15 is 0 Å². The van der Waals surface area contributed by atoms with Gasteiger partial charge in [0.15, 0.2) is 0 Å². The minimum atomic E-state index is -3.19. The molecule has 2 rings (SSSR count). The molecule has 0 amide bonds.